The van der Waals surface area contributed by atoms with Crippen LogP contribution in [0.3, 0.4) is 0 Å². The van der Waals surface area contributed by atoms with Crippen molar-refractivity contribution in [2.75, 3.05) is 20.3 Å². The Kier molecular flexibility index (Phi) is 6.23. The molecular weight excluding hydrogens is 240 g/mol. The number of hydrogen-bond acceptors (Lipinski definition) is 3. The van der Waals surface area contributed by atoms with Crippen LogP contribution in [0.1, 0.15) is 32.1 Å². The minimum atomic E-state index is 0. The fourth-order valence-electron chi connectivity index (χ4n) is 2.92. The van der Waals surface area contributed by atoms with Crippen molar-refractivity contribution in [2.24, 2.45) is 5.92 Å². The standard InChI is InChI=1S/C12H22N2O2.ClH/c1-16-7-6-13-12(15)11-8-9-4-2-3-5-10(9)14-11;/h9-11,14H,2-8H2,1H3,(H,13,15);1H/t9-,10-,11-;/m0./s1. The first-order valence-electron chi connectivity index (χ1n) is 6.34. The van der Waals surface area contributed by atoms with E-state index in [0.29, 0.717) is 19.2 Å². The number of nitrogens with one attached hydrogen (secondary N) is 2. The Balaban J connectivity index is 0.00000144. The Bertz CT molecular complexity index is 237. The summed E-state index contributed by atoms with van der Waals surface area (Å²) >= 11 is 0. The number of halogens is 1. The van der Waals surface area contributed by atoms with Gasteiger partial charge in [0.25, 0.3) is 0 Å². The summed E-state index contributed by atoms with van der Waals surface area (Å²) in [6, 6.07) is 0.622. The molecule has 0 spiro atoms. The lowest BCUT2D eigenvalue weighted by Crippen LogP contribution is -2.44. The molecule has 2 aliphatic rings. The zero-order valence-electron chi connectivity index (χ0n) is 10.4. The molecule has 1 amide bonds. The number of fused-ring (bicyclic) bond motifs is 1. The van der Waals surface area contributed by atoms with E-state index in [1.165, 1.54) is 25.7 Å². The van der Waals surface area contributed by atoms with Crippen LogP contribution >= 0.6 is 12.4 Å². The summed E-state index contributed by atoms with van der Waals surface area (Å²) in [6.45, 7) is 1.20. The van der Waals surface area contributed by atoms with E-state index in [1.807, 2.05) is 0 Å². The van der Waals surface area contributed by atoms with Crippen LogP contribution < -0.4 is 10.6 Å². The molecule has 2 fully saturated rings. The predicted molar refractivity (Wildman–Crippen MR) is 69.4 cm³/mol. The molecule has 1 aliphatic carbocycles. The molecule has 1 aliphatic heterocycles. The summed E-state index contributed by atoms with van der Waals surface area (Å²) in [6.07, 6.45) is 6.20. The molecule has 2 N–H and O–H groups in total. The SMILES string of the molecule is COCCNC(=O)[C@@H]1C[C@@H]2CCCC[C@@H]2N1.Cl. The summed E-state index contributed by atoms with van der Waals surface area (Å²) < 4.78 is 4.91. The molecule has 1 saturated heterocycles. The van der Waals surface area contributed by atoms with Crippen LogP contribution in [-0.2, 0) is 9.53 Å². The molecule has 17 heavy (non-hydrogen) atoms. The number of carbonyl (C=O) groups is 1. The van der Waals surface area contributed by atoms with Crippen molar-refractivity contribution in [2.45, 2.75) is 44.2 Å². The molecule has 0 radical (unpaired) electrons. The molecule has 3 atom stereocenters. The maximum absolute atomic E-state index is 11.8. The van der Waals surface area contributed by atoms with Crippen LogP contribution in [0, 0.1) is 5.92 Å². The Morgan fingerprint density at radius 2 is 2.18 bits per heavy atom. The van der Waals surface area contributed by atoms with Crippen LogP contribution in [0.4, 0.5) is 0 Å². The van der Waals surface area contributed by atoms with Crippen molar-refractivity contribution in [3.8, 4) is 0 Å². The van der Waals surface area contributed by atoms with Gasteiger partial charge in [-0.1, -0.05) is 12.8 Å². The highest BCUT2D eigenvalue weighted by Crippen LogP contribution is 2.33. The van der Waals surface area contributed by atoms with Crippen molar-refractivity contribution in [1.82, 2.24) is 10.6 Å². The minimum absolute atomic E-state index is 0. The van der Waals surface area contributed by atoms with Gasteiger partial charge in [-0.15, -0.1) is 12.4 Å². The molecule has 0 aromatic carbocycles. The molecular formula is C12H23ClN2O2. The van der Waals surface area contributed by atoms with E-state index in [-0.39, 0.29) is 24.4 Å². The van der Waals surface area contributed by atoms with Crippen molar-refractivity contribution in [3.63, 3.8) is 0 Å². The van der Waals surface area contributed by atoms with Crippen LogP contribution in [-0.4, -0.2) is 38.3 Å². The topological polar surface area (TPSA) is 50.4 Å². The normalized spacial score (nSPS) is 31.5. The Labute approximate surface area is 109 Å². The molecule has 0 aromatic heterocycles. The highest BCUT2D eigenvalue weighted by atomic mass is 35.5. The van der Waals surface area contributed by atoms with Gasteiger partial charge in [-0.05, 0) is 25.2 Å². The summed E-state index contributed by atoms with van der Waals surface area (Å²) in [5.41, 5.74) is 0. The quantitative estimate of drug-likeness (QED) is 0.746. The third-order valence-electron chi connectivity index (χ3n) is 3.78. The molecule has 1 heterocycles. The van der Waals surface area contributed by atoms with Gasteiger partial charge in [-0.25, -0.2) is 0 Å². The van der Waals surface area contributed by atoms with Crippen molar-refractivity contribution in [1.29, 1.82) is 0 Å². The number of hydrogen-bond donors (Lipinski definition) is 2. The lowest BCUT2D eigenvalue weighted by Gasteiger charge is -2.24. The first-order chi connectivity index (χ1) is 7.81. The van der Waals surface area contributed by atoms with Gasteiger partial charge in [-0.2, -0.15) is 0 Å². The van der Waals surface area contributed by atoms with E-state index in [9.17, 15) is 4.79 Å². The summed E-state index contributed by atoms with van der Waals surface area (Å²) in [4.78, 5) is 11.8. The molecule has 0 bridgehead atoms. The Morgan fingerprint density at radius 1 is 1.41 bits per heavy atom. The number of amides is 1. The number of ether oxygens (including phenoxy) is 1. The third-order valence-corrected chi connectivity index (χ3v) is 3.78. The Morgan fingerprint density at radius 3 is 2.88 bits per heavy atom. The van der Waals surface area contributed by atoms with Gasteiger partial charge in [0.1, 0.15) is 0 Å². The Hall–Kier alpha value is -0.320. The smallest absolute Gasteiger partial charge is 0.237 e. The largest absolute Gasteiger partial charge is 0.383 e. The van der Waals surface area contributed by atoms with E-state index in [4.69, 9.17) is 4.74 Å². The second-order valence-corrected chi connectivity index (χ2v) is 4.89. The first-order valence-corrected chi connectivity index (χ1v) is 6.34. The van der Waals surface area contributed by atoms with Gasteiger partial charge in [0, 0.05) is 19.7 Å². The number of carbonyl (C=O) groups excluding carboxylic acids is 1. The minimum Gasteiger partial charge on any atom is -0.383 e. The molecule has 0 unspecified atom stereocenters. The summed E-state index contributed by atoms with van der Waals surface area (Å²) in [5.74, 6) is 0.873. The van der Waals surface area contributed by atoms with Crippen LogP contribution in [0.2, 0.25) is 0 Å². The lowest BCUT2D eigenvalue weighted by molar-refractivity contribution is -0.123. The van der Waals surface area contributed by atoms with Crippen LogP contribution in [0.15, 0.2) is 0 Å². The molecule has 5 heteroatoms. The zero-order chi connectivity index (χ0) is 11.4. The van der Waals surface area contributed by atoms with Crippen molar-refractivity contribution < 1.29 is 9.53 Å². The van der Waals surface area contributed by atoms with Crippen LogP contribution in [0.25, 0.3) is 0 Å². The highest BCUT2D eigenvalue weighted by molar-refractivity contribution is 5.85. The zero-order valence-corrected chi connectivity index (χ0v) is 11.2. The third kappa shape index (κ3) is 3.83. The molecule has 4 nitrogen and oxygen atoms in total. The van der Waals surface area contributed by atoms with E-state index in [2.05, 4.69) is 10.6 Å². The van der Waals surface area contributed by atoms with Gasteiger partial charge in [-0.3, -0.25) is 4.79 Å². The lowest BCUT2D eigenvalue weighted by atomic mass is 9.85. The van der Waals surface area contributed by atoms with Gasteiger partial charge in [0.2, 0.25) is 5.91 Å². The predicted octanol–water partition coefficient (Wildman–Crippen LogP) is 1.09. The summed E-state index contributed by atoms with van der Waals surface area (Å²) in [5, 5.41) is 6.38. The molecule has 1 saturated carbocycles. The average Bonchev–Trinajstić information content (AvgIpc) is 2.73. The van der Waals surface area contributed by atoms with E-state index < -0.39 is 0 Å². The average molecular weight is 263 g/mol. The van der Waals surface area contributed by atoms with Gasteiger partial charge < -0.3 is 15.4 Å². The maximum atomic E-state index is 11.8. The number of rotatable bonds is 4. The fraction of sp³-hybridized carbons (Fsp3) is 0.917. The van der Waals surface area contributed by atoms with Gasteiger partial charge in [0.15, 0.2) is 0 Å². The van der Waals surface area contributed by atoms with Gasteiger partial charge >= 0.3 is 0 Å². The van der Waals surface area contributed by atoms with Crippen molar-refractivity contribution >= 4 is 18.3 Å². The molecule has 0 aromatic rings. The van der Waals surface area contributed by atoms with Crippen LogP contribution in [0.5, 0.6) is 0 Å². The molecule has 100 valence electrons. The van der Waals surface area contributed by atoms with E-state index in [0.717, 1.165) is 12.3 Å². The second kappa shape index (κ2) is 7.19. The van der Waals surface area contributed by atoms with E-state index in [1.54, 1.807) is 7.11 Å². The van der Waals surface area contributed by atoms with Gasteiger partial charge in [0.05, 0.1) is 12.6 Å². The highest BCUT2D eigenvalue weighted by Gasteiger charge is 2.37. The fourth-order valence-corrected chi connectivity index (χ4v) is 2.92. The second-order valence-electron chi connectivity index (χ2n) is 4.89. The first kappa shape index (κ1) is 14.7. The van der Waals surface area contributed by atoms with E-state index >= 15 is 0 Å². The molecule has 2 rings (SSSR count). The van der Waals surface area contributed by atoms with Crippen molar-refractivity contribution in [3.05, 3.63) is 0 Å². The summed E-state index contributed by atoms with van der Waals surface area (Å²) in [7, 11) is 1.65. The maximum Gasteiger partial charge on any atom is 0.237 e. The monoisotopic (exact) mass is 262 g/mol. The number of methoxy groups -OCH3 is 1.